The third-order valence-corrected chi connectivity index (χ3v) is 4.95. The molecule has 0 aromatic heterocycles. The van der Waals surface area contributed by atoms with Gasteiger partial charge in [-0.25, -0.2) is 0 Å². The average molecular weight is 331 g/mol. The number of para-hydroxylation sites is 2. The summed E-state index contributed by atoms with van der Waals surface area (Å²) >= 11 is 0. The van der Waals surface area contributed by atoms with Gasteiger partial charge in [-0.05, 0) is 32.5 Å². The molecule has 2 aliphatic heterocycles. The largest absolute Gasteiger partial charge is 0.465 e. The molecule has 0 aliphatic carbocycles. The molecule has 1 aromatic carbocycles. The molecule has 6 heteroatoms. The summed E-state index contributed by atoms with van der Waals surface area (Å²) in [5.41, 5.74) is -0.760. The second kappa shape index (κ2) is 6.43. The van der Waals surface area contributed by atoms with E-state index in [4.69, 9.17) is 4.74 Å². The van der Waals surface area contributed by atoms with Crippen LogP contribution in [-0.4, -0.2) is 66.5 Å². The van der Waals surface area contributed by atoms with Crippen LogP contribution in [0.15, 0.2) is 24.3 Å². The van der Waals surface area contributed by atoms with E-state index in [0.717, 1.165) is 25.3 Å². The Balaban J connectivity index is 1.87. The van der Waals surface area contributed by atoms with Crippen molar-refractivity contribution in [3.63, 3.8) is 0 Å². The van der Waals surface area contributed by atoms with Crippen molar-refractivity contribution in [1.29, 1.82) is 0 Å². The van der Waals surface area contributed by atoms with E-state index in [9.17, 15) is 9.59 Å². The molecule has 1 atom stereocenters. The van der Waals surface area contributed by atoms with Crippen LogP contribution in [0.3, 0.4) is 0 Å². The number of rotatable bonds is 3. The molecule has 2 amide bonds. The summed E-state index contributed by atoms with van der Waals surface area (Å²) in [6.07, 6.45) is 0. The molecule has 0 saturated carbocycles. The minimum atomic E-state index is -1.49. The highest BCUT2D eigenvalue weighted by molar-refractivity contribution is 6.16. The van der Waals surface area contributed by atoms with Gasteiger partial charge in [0.1, 0.15) is 5.75 Å². The van der Waals surface area contributed by atoms with Crippen LogP contribution in [0.5, 0.6) is 5.75 Å². The molecule has 1 aromatic rings. The van der Waals surface area contributed by atoms with Crippen LogP contribution < -0.4 is 9.64 Å². The molecule has 3 rings (SSSR count). The number of fused-ring (bicyclic) bond motifs is 1. The van der Waals surface area contributed by atoms with Gasteiger partial charge < -0.3 is 19.4 Å². The van der Waals surface area contributed by atoms with Gasteiger partial charge in [-0.2, -0.15) is 0 Å². The zero-order valence-corrected chi connectivity index (χ0v) is 14.6. The summed E-state index contributed by atoms with van der Waals surface area (Å²) in [5, 5.41) is 0. The van der Waals surface area contributed by atoms with Crippen LogP contribution in [0, 0.1) is 0 Å². The summed E-state index contributed by atoms with van der Waals surface area (Å²) in [4.78, 5) is 31.8. The number of carbonyl (C=O) groups is 2. The zero-order chi connectivity index (χ0) is 17.3. The summed E-state index contributed by atoms with van der Waals surface area (Å²) in [6, 6.07) is 7.38. The van der Waals surface area contributed by atoms with Crippen LogP contribution in [0.1, 0.15) is 20.8 Å². The Morgan fingerprint density at radius 2 is 1.79 bits per heavy atom. The Hall–Kier alpha value is -2.08. The highest BCUT2D eigenvalue weighted by Gasteiger charge is 2.52. The molecular weight excluding hydrogens is 306 g/mol. The fourth-order valence-electron chi connectivity index (χ4n) is 3.41. The summed E-state index contributed by atoms with van der Waals surface area (Å²) in [5.74, 6) is 0.0600. The van der Waals surface area contributed by atoms with Gasteiger partial charge in [-0.1, -0.05) is 19.1 Å². The number of hydrogen-bond donors (Lipinski definition) is 0. The minimum absolute atomic E-state index is 0.240. The van der Waals surface area contributed by atoms with Crippen LogP contribution in [0.2, 0.25) is 0 Å². The number of amides is 2. The van der Waals surface area contributed by atoms with Gasteiger partial charge in [-0.3, -0.25) is 9.59 Å². The Morgan fingerprint density at radius 1 is 1.12 bits per heavy atom. The maximum atomic E-state index is 13.1. The number of ether oxygens (including phenoxy) is 1. The predicted molar refractivity (Wildman–Crippen MR) is 92.2 cm³/mol. The number of likely N-dealkylation sites (N-methyl/N-ethyl adjacent to an activating group) is 2. The third-order valence-electron chi connectivity index (χ3n) is 4.95. The minimum Gasteiger partial charge on any atom is -0.465 e. The van der Waals surface area contributed by atoms with Gasteiger partial charge in [-0.15, -0.1) is 0 Å². The van der Waals surface area contributed by atoms with Crippen molar-refractivity contribution in [3.8, 4) is 5.75 Å². The van der Waals surface area contributed by atoms with Gasteiger partial charge in [0.05, 0.1) is 5.69 Å². The van der Waals surface area contributed by atoms with Crippen molar-refractivity contribution in [2.24, 2.45) is 0 Å². The van der Waals surface area contributed by atoms with Crippen molar-refractivity contribution in [1.82, 2.24) is 9.80 Å². The molecule has 6 nitrogen and oxygen atoms in total. The first kappa shape index (κ1) is 16.8. The van der Waals surface area contributed by atoms with Crippen LogP contribution in [0.25, 0.3) is 0 Å². The van der Waals surface area contributed by atoms with Crippen molar-refractivity contribution in [3.05, 3.63) is 24.3 Å². The maximum Gasteiger partial charge on any atom is 0.280 e. The Kier molecular flexibility index (Phi) is 4.49. The zero-order valence-electron chi connectivity index (χ0n) is 14.6. The predicted octanol–water partition coefficient (Wildman–Crippen LogP) is 1.35. The van der Waals surface area contributed by atoms with E-state index in [2.05, 4.69) is 11.8 Å². The fourth-order valence-corrected chi connectivity index (χ4v) is 3.41. The monoisotopic (exact) mass is 331 g/mol. The van der Waals surface area contributed by atoms with E-state index in [-0.39, 0.29) is 11.8 Å². The summed E-state index contributed by atoms with van der Waals surface area (Å²) in [6.45, 7) is 10.0. The highest BCUT2D eigenvalue weighted by atomic mass is 16.5. The fraction of sp³-hybridized carbons (Fsp3) is 0.556. The molecule has 1 saturated heterocycles. The maximum absolute atomic E-state index is 13.1. The van der Waals surface area contributed by atoms with Gasteiger partial charge >= 0.3 is 0 Å². The Morgan fingerprint density at radius 3 is 2.42 bits per heavy atom. The molecule has 0 N–H and O–H groups in total. The van der Waals surface area contributed by atoms with Crippen LogP contribution >= 0.6 is 0 Å². The van der Waals surface area contributed by atoms with Gasteiger partial charge in [0.25, 0.3) is 17.4 Å². The van der Waals surface area contributed by atoms with E-state index in [1.54, 1.807) is 16.7 Å². The number of benzene rings is 1. The van der Waals surface area contributed by atoms with Gasteiger partial charge in [0, 0.05) is 32.7 Å². The second-order valence-electron chi connectivity index (χ2n) is 6.38. The number of hydrogen-bond acceptors (Lipinski definition) is 4. The molecule has 2 aliphatic rings. The second-order valence-corrected chi connectivity index (χ2v) is 6.38. The first-order chi connectivity index (χ1) is 11.5. The quantitative estimate of drug-likeness (QED) is 0.785. The number of anilines is 1. The van der Waals surface area contributed by atoms with E-state index in [1.165, 1.54) is 0 Å². The summed E-state index contributed by atoms with van der Waals surface area (Å²) in [7, 11) is 0. The highest BCUT2D eigenvalue weighted by Crippen LogP contribution is 2.38. The lowest BCUT2D eigenvalue weighted by atomic mass is 9.98. The summed E-state index contributed by atoms with van der Waals surface area (Å²) < 4.78 is 5.94. The lowest BCUT2D eigenvalue weighted by molar-refractivity contribution is -0.157. The van der Waals surface area contributed by atoms with Gasteiger partial charge in [0.15, 0.2) is 0 Å². The van der Waals surface area contributed by atoms with E-state index >= 15 is 0 Å². The lowest BCUT2D eigenvalue weighted by Crippen LogP contribution is -2.64. The van der Waals surface area contributed by atoms with Crippen LogP contribution in [0.4, 0.5) is 5.69 Å². The van der Waals surface area contributed by atoms with Crippen LogP contribution in [-0.2, 0) is 9.59 Å². The number of nitrogens with zero attached hydrogens (tertiary/aromatic N) is 3. The lowest BCUT2D eigenvalue weighted by Gasteiger charge is -2.43. The smallest absolute Gasteiger partial charge is 0.280 e. The molecule has 24 heavy (non-hydrogen) atoms. The van der Waals surface area contributed by atoms with E-state index in [1.807, 2.05) is 31.2 Å². The van der Waals surface area contributed by atoms with Crippen molar-refractivity contribution in [2.45, 2.75) is 26.4 Å². The van der Waals surface area contributed by atoms with Gasteiger partial charge in [0.2, 0.25) is 0 Å². The molecule has 2 heterocycles. The topological polar surface area (TPSA) is 53.1 Å². The normalized spacial score (nSPS) is 24.5. The van der Waals surface area contributed by atoms with Crippen molar-refractivity contribution < 1.29 is 14.3 Å². The SMILES string of the molecule is CCN1CCN(C(=O)C2(C)Oc3ccccc3N(CC)C2=O)CC1. The third kappa shape index (κ3) is 2.65. The van der Waals surface area contributed by atoms with Crippen molar-refractivity contribution >= 4 is 17.5 Å². The van der Waals surface area contributed by atoms with E-state index in [0.29, 0.717) is 25.4 Å². The number of piperazine rings is 1. The Bertz CT molecular complexity index is 640. The molecule has 1 fully saturated rings. The molecule has 0 spiro atoms. The average Bonchev–Trinajstić information content (AvgIpc) is 2.62. The molecular formula is C18H25N3O3. The molecule has 1 unspecified atom stereocenters. The van der Waals surface area contributed by atoms with Crippen molar-refractivity contribution in [2.75, 3.05) is 44.2 Å². The first-order valence-electron chi connectivity index (χ1n) is 8.63. The first-order valence-corrected chi connectivity index (χ1v) is 8.63. The van der Waals surface area contributed by atoms with E-state index < -0.39 is 5.60 Å². The molecule has 0 bridgehead atoms. The molecule has 130 valence electrons. The number of carbonyl (C=O) groups excluding carboxylic acids is 2. The standard InChI is InChI=1S/C18H25N3O3/c1-4-19-10-12-20(13-11-19)16(22)18(3)17(23)21(5-2)14-8-6-7-9-15(14)24-18/h6-9H,4-5,10-13H2,1-3H3. The Labute approximate surface area is 143 Å². The molecule has 0 radical (unpaired) electrons.